The molecule has 1 aliphatic carbocycles. The number of halogens is 6. The summed E-state index contributed by atoms with van der Waals surface area (Å²) >= 11 is 5.86. The van der Waals surface area contributed by atoms with E-state index in [0.29, 0.717) is 10.9 Å². The van der Waals surface area contributed by atoms with Gasteiger partial charge in [-0.2, -0.15) is 18.3 Å². The highest BCUT2D eigenvalue weighted by Gasteiger charge is 2.43. The number of nitrogens with one attached hydrogen (secondary N) is 1. The third kappa shape index (κ3) is 6.65. The second-order valence-electron chi connectivity index (χ2n) is 10.4. The number of pyridine rings is 1. The molecule has 15 heteroatoms. The summed E-state index contributed by atoms with van der Waals surface area (Å²) in [4.78, 5) is 29.0. The van der Waals surface area contributed by atoms with Crippen molar-refractivity contribution in [2.24, 2.45) is 5.73 Å². The van der Waals surface area contributed by atoms with Crippen LogP contribution in [0.15, 0.2) is 36.5 Å². The SMILES string of the molecule is CCOc1c(CC(N)=O)cc([C@@H](CNC(=O)c2cc(OC)c3nn(C4CC4)cc3c2)C(F)(F)F)nc1-c1c(F)ccc(Cl)c1F. The molecule has 4 aromatic rings. The Balaban J connectivity index is 1.55. The van der Waals surface area contributed by atoms with Crippen LogP contribution in [0.1, 0.15) is 53.3 Å². The number of ether oxygens (including phenoxy) is 2. The molecule has 45 heavy (non-hydrogen) atoms. The zero-order chi connectivity index (χ0) is 32.6. The number of primary amides is 1. The van der Waals surface area contributed by atoms with E-state index in [4.69, 9.17) is 26.8 Å². The van der Waals surface area contributed by atoms with Crippen LogP contribution in [0.2, 0.25) is 5.02 Å². The second kappa shape index (κ2) is 12.5. The lowest BCUT2D eigenvalue weighted by atomic mass is 9.97. The zero-order valence-electron chi connectivity index (χ0n) is 24.0. The number of rotatable bonds is 11. The van der Waals surface area contributed by atoms with Gasteiger partial charge in [0.1, 0.15) is 34.4 Å². The summed E-state index contributed by atoms with van der Waals surface area (Å²) in [6.45, 7) is 0.421. The van der Waals surface area contributed by atoms with Gasteiger partial charge in [-0.1, -0.05) is 11.6 Å². The number of methoxy groups -OCH3 is 1. The summed E-state index contributed by atoms with van der Waals surface area (Å²) < 4.78 is 86.4. The van der Waals surface area contributed by atoms with E-state index in [1.54, 1.807) is 10.9 Å². The van der Waals surface area contributed by atoms with Gasteiger partial charge in [0, 0.05) is 29.3 Å². The number of hydrogen-bond donors (Lipinski definition) is 2. The van der Waals surface area contributed by atoms with E-state index >= 15 is 4.39 Å². The lowest BCUT2D eigenvalue weighted by molar-refractivity contribution is -0.149. The molecule has 3 N–H and O–H groups in total. The molecule has 2 aromatic heterocycles. The van der Waals surface area contributed by atoms with Crippen molar-refractivity contribution in [3.63, 3.8) is 0 Å². The van der Waals surface area contributed by atoms with Gasteiger partial charge in [0.15, 0.2) is 5.82 Å². The molecule has 0 aliphatic heterocycles. The van der Waals surface area contributed by atoms with Gasteiger partial charge < -0.3 is 20.5 Å². The fourth-order valence-corrected chi connectivity index (χ4v) is 5.10. The Morgan fingerprint density at radius 1 is 1.20 bits per heavy atom. The fourth-order valence-electron chi connectivity index (χ4n) is 4.94. The molecule has 0 unspecified atom stereocenters. The number of carbonyl (C=O) groups excluding carboxylic acids is 2. The first-order valence-electron chi connectivity index (χ1n) is 13.8. The minimum Gasteiger partial charge on any atom is -0.494 e. The van der Waals surface area contributed by atoms with Gasteiger partial charge in [0.05, 0.1) is 42.5 Å². The van der Waals surface area contributed by atoms with Crippen molar-refractivity contribution in [2.75, 3.05) is 20.3 Å². The summed E-state index contributed by atoms with van der Waals surface area (Å²) in [6.07, 6.45) is -1.98. The van der Waals surface area contributed by atoms with Gasteiger partial charge >= 0.3 is 6.18 Å². The monoisotopic (exact) mass is 651 g/mol. The van der Waals surface area contributed by atoms with Crippen molar-refractivity contribution in [3.8, 4) is 22.8 Å². The van der Waals surface area contributed by atoms with E-state index in [1.165, 1.54) is 26.2 Å². The number of fused-ring (bicyclic) bond motifs is 1. The Hall–Kier alpha value is -4.46. The first kappa shape index (κ1) is 31.9. The van der Waals surface area contributed by atoms with E-state index in [-0.39, 0.29) is 35.3 Å². The molecular formula is C30H27ClF5N5O4. The van der Waals surface area contributed by atoms with E-state index in [9.17, 15) is 27.2 Å². The highest BCUT2D eigenvalue weighted by molar-refractivity contribution is 6.31. The van der Waals surface area contributed by atoms with Gasteiger partial charge in [-0.15, -0.1) is 0 Å². The maximum Gasteiger partial charge on any atom is 0.398 e. The minimum absolute atomic E-state index is 0.0217. The van der Waals surface area contributed by atoms with E-state index in [0.717, 1.165) is 31.0 Å². The summed E-state index contributed by atoms with van der Waals surface area (Å²) in [7, 11) is 1.39. The topological polar surface area (TPSA) is 121 Å². The molecule has 238 valence electrons. The average molecular weight is 652 g/mol. The smallest absolute Gasteiger partial charge is 0.398 e. The normalized spacial score (nSPS) is 14.0. The maximum absolute atomic E-state index is 15.1. The largest absolute Gasteiger partial charge is 0.494 e. The van der Waals surface area contributed by atoms with Crippen LogP contribution in [0.4, 0.5) is 22.0 Å². The fraction of sp³-hybridized carbons (Fsp3) is 0.333. The van der Waals surface area contributed by atoms with Crippen LogP contribution in [0.3, 0.4) is 0 Å². The number of benzene rings is 2. The number of nitrogens with two attached hydrogens (primary N) is 1. The molecule has 1 saturated carbocycles. The molecule has 0 bridgehead atoms. The van der Waals surface area contributed by atoms with E-state index in [1.807, 2.05) is 0 Å². The van der Waals surface area contributed by atoms with Crippen molar-refractivity contribution >= 4 is 34.3 Å². The number of alkyl halides is 3. The van der Waals surface area contributed by atoms with Crippen LogP contribution < -0.4 is 20.5 Å². The molecule has 0 radical (unpaired) electrons. The molecule has 1 fully saturated rings. The van der Waals surface area contributed by atoms with Crippen LogP contribution in [0.5, 0.6) is 11.5 Å². The highest BCUT2D eigenvalue weighted by Crippen LogP contribution is 2.42. The Labute approximate surface area is 258 Å². The lowest BCUT2D eigenvalue weighted by Gasteiger charge is -2.23. The van der Waals surface area contributed by atoms with Crippen molar-refractivity contribution in [1.29, 1.82) is 0 Å². The summed E-state index contributed by atoms with van der Waals surface area (Å²) in [6, 6.07) is 5.77. The molecule has 2 heterocycles. The van der Waals surface area contributed by atoms with Gasteiger partial charge in [-0.3, -0.25) is 14.3 Å². The number of aromatic nitrogens is 3. The standard InChI is InChI=1S/C30H27ClF5N5O4/c1-3-45-28-14(11-23(37)42)9-21(39-27(28)24-20(32)7-6-19(31)25(24)33)18(30(34,35)36)12-38-29(43)15-8-16-13-41(17-4-5-17)40-26(16)22(10-15)44-2/h6-10,13,17-18H,3-5,11-12H2,1-2H3,(H2,37,42)(H,38,43)/t18-/m1/s1. The number of nitrogens with zero attached hydrogens (tertiary/aromatic N) is 3. The summed E-state index contributed by atoms with van der Waals surface area (Å²) in [5.41, 5.74) is 3.44. The van der Waals surface area contributed by atoms with Crippen LogP contribution in [0, 0.1) is 11.6 Å². The Morgan fingerprint density at radius 2 is 1.93 bits per heavy atom. The van der Waals surface area contributed by atoms with Crippen LogP contribution in [-0.4, -0.2) is 53.0 Å². The number of amides is 2. The van der Waals surface area contributed by atoms with Gasteiger partial charge in [-0.25, -0.2) is 13.8 Å². The average Bonchev–Trinajstić information content (AvgIpc) is 3.73. The quantitative estimate of drug-likeness (QED) is 0.154. The van der Waals surface area contributed by atoms with Crippen LogP contribution in [0.25, 0.3) is 22.2 Å². The van der Waals surface area contributed by atoms with Crippen molar-refractivity contribution < 1.29 is 41.0 Å². The van der Waals surface area contributed by atoms with E-state index < -0.39 is 70.5 Å². The van der Waals surface area contributed by atoms with Crippen LogP contribution >= 0.6 is 11.6 Å². The van der Waals surface area contributed by atoms with E-state index in [2.05, 4.69) is 15.4 Å². The molecule has 2 aromatic carbocycles. The predicted molar refractivity (Wildman–Crippen MR) is 154 cm³/mol. The van der Waals surface area contributed by atoms with Crippen molar-refractivity contribution in [3.05, 3.63) is 70.0 Å². The third-order valence-electron chi connectivity index (χ3n) is 7.22. The Kier molecular flexibility index (Phi) is 8.88. The molecule has 0 spiro atoms. The first-order valence-corrected chi connectivity index (χ1v) is 14.2. The predicted octanol–water partition coefficient (Wildman–Crippen LogP) is 5.88. The first-order chi connectivity index (χ1) is 21.3. The maximum atomic E-state index is 15.1. The van der Waals surface area contributed by atoms with Gasteiger partial charge in [0.25, 0.3) is 5.91 Å². The van der Waals surface area contributed by atoms with Gasteiger partial charge in [0.2, 0.25) is 5.91 Å². The summed E-state index contributed by atoms with van der Waals surface area (Å²) in [5, 5.41) is 6.82. The Morgan fingerprint density at radius 3 is 2.56 bits per heavy atom. The molecule has 2 amide bonds. The molecule has 9 nitrogen and oxygen atoms in total. The number of carbonyl (C=O) groups is 2. The highest BCUT2D eigenvalue weighted by atomic mass is 35.5. The molecule has 0 saturated heterocycles. The Bertz CT molecular complexity index is 1790. The molecule has 1 aliphatic rings. The summed E-state index contributed by atoms with van der Waals surface area (Å²) in [5.74, 6) is -6.81. The minimum atomic E-state index is -5.01. The van der Waals surface area contributed by atoms with Crippen molar-refractivity contribution in [1.82, 2.24) is 20.1 Å². The molecular weight excluding hydrogens is 625 g/mol. The number of hydrogen-bond acceptors (Lipinski definition) is 6. The molecule has 1 atom stereocenters. The zero-order valence-corrected chi connectivity index (χ0v) is 24.7. The van der Waals surface area contributed by atoms with Crippen molar-refractivity contribution in [2.45, 2.75) is 44.3 Å². The van der Waals surface area contributed by atoms with Gasteiger partial charge in [-0.05, 0) is 50.1 Å². The second-order valence-corrected chi connectivity index (χ2v) is 10.8. The third-order valence-corrected chi connectivity index (χ3v) is 7.51. The van der Waals surface area contributed by atoms with Crippen LogP contribution in [-0.2, 0) is 11.2 Å². The molecule has 5 rings (SSSR count). The lowest BCUT2D eigenvalue weighted by Crippen LogP contribution is -2.35.